The van der Waals surface area contributed by atoms with Gasteiger partial charge in [0.15, 0.2) is 4.34 Å². The monoisotopic (exact) mass is 419 g/mol. The van der Waals surface area contributed by atoms with E-state index < -0.39 is 0 Å². The van der Waals surface area contributed by atoms with Crippen molar-refractivity contribution >= 4 is 45.7 Å². The number of carbonyl (C=O) groups excluding carboxylic acids is 1. The standard InChI is InChI=1S/C19H18ClN3O2S2/c1-2-11-25-16-10-6-4-8-14(16)17(24)21-18-22-23-19(27-18)26-12-13-7-3-5-9-15(13)20/h3-10H,2,11-12H2,1H3,(H,21,22,24). The zero-order chi connectivity index (χ0) is 19.1. The number of amides is 1. The SMILES string of the molecule is CCCOc1ccccc1C(=O)Nc1nnc(SCc2ccccc2Cl)s1. The van der Waals surface area contributed by atoms with Crippen LogP contribution in [0.15, 0.2) is 52.9 Å². The Balaban J connectivity index is 1.62. The second-order valence-corrected chi connectivity index (χ2v) is 8.16. The Bertz CT molecular complexity index is 917. The zero-order valence-corrected chi connectivity index (χ0v) is 17.0. The first kappa shape index (κ1) is 19.7. The first-order valence-corrected chi connectivity index (χ1v) is 10.6. The molecule has 1 N–H and O–H groups in total. The number of hydrogen-bond acceptors (Lipinski definition) is 6. The van der Waals surface area contributed by atoms with Crippen molar-refractivity contribution in [1.29, 1.82) is 0 Å². The molecule has 0 aliphatic heterocycles. The van der Waals surface area contributed by atoms with Crippen molar-refractivity contribution in [3.05, 3.63) is 64.7 Å². The van der Waals surface area contributed by atoms with Crippen molar-refractivity contribution < 1.29 is 9.53 Å². The molecular formula is C19H18ClN3O2S2. The van der Waals surface area contributed by atoms with Gasteiger partial charge in [-0.1, -0.05) is 72.0 Å². The molecule has 8 heteroatoms. The van der Waals surface area contributed by atoms with Crippen molar-refractivity contribution in [2.75, 3.05) is 11.9 Å². The van der Waals surface area contributed by atoms with Crippen molar-refractivity contribution in [3.8, 4) is 5.75 Å². The summed E-state index contributed by atoms with van der Waals surface area (Å²) in [6, 6.07) is 14.9. The Morgan fingerprint density at radius 2 is 1.96 bits per heavy atom. The highest BCUT2D eigenvalue weighted by atomic mass is 35.5. The molecule has 5 nitrogen and oxygen atoms in total. The molecule has 1 aromatic heterocycles. The minimum atomic E-state index is -0.263. The topological polar surface area (TPSA) is 64.1 Å². The van der Waals surface area contributed by atoms with E-state index in [4.69, 9.17) is 16.3 Å². The third-order valence-corrected chi connectivity index (χ3v) is 5.92. The highest BCUT2D eigenvalue weighted by Crippen LogP contribution is 2.31. The lowest BCUT2D eigenvalue weighted by Crippen LogP contribution is -2.13. The summed E-state index contributed by atoms with van der Waals surface area (Å²) < 4.78 is 6.40. The lowest BCUT2D eigenvalue weighted by atomic mass is 10.2. The van der Waals surface area contributed by atoms with Crippen LogP contribution in [0.2, 0.25) is 5.02 Å². The highest BCUT2D eigenvalue weighted by Gasteiger charge is 2.15. The van der Waals surface area contributed by atoms with Gasteiger partial charge in [-0.15, -0.1) is 10.2 Å². The van der Waals surface area contributed by atoms with Crippen LogP contribution >= 0.6 is 34.7 Å². The lowest BCUT2D eigenvalue weighted by Gasteiger charge is -2.09. The van der Waals surface area contributed by atoms with Crippen molar-refractivity contribution in [2.24, 2.45) is 0 Å². The molecule has 0 fully saturated rings. The molecule has 0 aliphatic carbocycles. The van der Waals surface area contributed by atoms with E-state index in [9.17, 15) is 4.79 Å². The van der Waals surface area contributed by atoms with Gasteiger partial charge in [-0.3, -0.25) is 10.1 Å². The minimum Gasteiger partial charge on any atom is -0.493 e. The molecule has 0 saturated carbocycles. The summed E-state index contributed by atoms with van der Waals surface area (Å²) in [5.41, 5.74) is 1.51. The minimum absolute atomic E-state index is 0.263. The van der Waals surface area contributed by atoms with E-state index in [0.717, 1.165) is 21.3 Å². The molecule has 2 aromatic carbocycles. The van der Waals surface area contributed by atoms with Crippen LogP contribution in [-0.2, 0) is 5.75 Å². The largest absolute Gasteiger partial charge is 0.493 e. The van der Waals surface area contributed by atoms with E-state index in [2.05, 4.69) is 15.5 Å². The highest BCUT2D eigenvalue weighted by molar-refractivity contribution is 8.00. The zero-order valence-electron chi connectivity index (χ0n) is 14.6. The van der Waals surface area contributed by atoms with Crippen LogP contribution in [-0.4, -0.2) is 22.7 Å². The average molecular weight is 420 g/mol. The van der Waals surface area contributed by atoms with Crippen molar-refractivity contribution in [3.63, 3.8) is 0 Å². The van der Waals surface area contributed by atoms with Gasteiger partial charge in [-0.2, -0.15) is 0 Å². The number of nitrogens with zero attached hydrogens (tertiary/aromatic N) is 2. The van der Waals surface area contributed by atoms with E-state index in [1.165, 1.54) is 23.1 Å². The molecule has 0 saturated heterocycles. The van der Waals surface area contributed by atoms with Gasteiger partial charge in [0, 0.05) is 10.8 Å². The van der Waals surface area contributed by atoms with Crippen molar-refractivity contribution in [2.45, 2.75) is 23.4 Å². The molecule has 3 rings (SSSR count). The number of halogens is 1. The Kier molecular flexibility index (Phi) is 7.09. The normalized spacial score (nSPS) is 10.6. The Hall–Kier alpha value is -2.09. The first-order valence-electron chi connectivity index (χ1n) is 8.40. The number of thioether (sulfide) groups is 1. The van der Waals surface area contributed by atoms with Gasteiger partial charge in [-0.05, 0) is 30.2 Å². The Labute approximate surface area is 171 Å². The number of carbonyl (C=O) groups is 1. The maximum atomic E-state index is 12.6. The van der Waals surface area contributed by atoms with Crippen LogP contribution in [0.4, 0.5) is 5.13 Å². The smallest absolute Gasteiger partial charge is 0.261 e. The number of rotatable bonds is 8. The summed E-state index contributed by atoms with van der Waals surface area (Å²) in [5, 5.41) is 12.1. The average Bonchev–Trinajstić information content (AvgIpc) is 3.13. The summed E-state index contributed by atoms with van der Waals surface area (Å²) in [5.74, 6) is 0.992. The molecule has 0 unspecified atom stereocenters. The molecular weight excluding hydrogens is 402 g/mol. The predicted octanol–water partition coefficient (Wildman–Crippen LogP) is 5.52. The van der Waals surface area contributed by atoms with Crippen LogP contribution in [0, 0.1) is 0 Å². The van der Waals surface area contributed by atoms with Crippen molar-refractivity contribution in [1.82, 2.24) is 10.2 Å². The first-order chi connectivity index (χ1) is 13.2. The summed E-state index contributed by atoms with van der Waals surface area (Å²) in [4.78, 5) is 12.6. The quantitative estimate of drug-likeness (QED) is 0.384. The number of hydrogen-bond donors (Lipinski definition) is 1. The number of ether oxygens (including phenoxy) is 1. The third kappa shape index (κ3) is 5.45. The fraction of sp³-hybridized carbons (Fsp3) is 0.211. The molecule has 0 atom stereocenters. The maximum Gasteiger partial charge on any atom is 0.261 e. The molecule has 0 bridgehead atoms. The van der Waals surface area contributed by atoms with E-state index in [-0.39, 0.29) is 5.91 Å². The summed E-state index contributed by atoms with van der Waals surface area (Å²) in [7, 11) is 0. The van der Waals surface area contributed by atoms with E-state index in [0.29, 0.717) is 28.8 Å². The second kappa shape index (κ2) is 9.73. The van der Waals surface area contributed by atoms with Crippen LogP contribution in [0.3, 0.4) is 0 Å². The fourth-order valence-corrected chi connectivity index (χ4v) is 4.26. The van der Waals surface area contributed by atoms with Gasteiger partial charge >= 0.3 is 0 Å². The summed E-state index contributed by atoms with van der Waals surface area (Å²) in [6.45, 7) is 2.58. The van der Waals surface area contributed by atoms with Crippen LogP contribution < -0.4 is 10.1 Å². The Morgan fingerprint density at radius 1 is 1.19 bits per heavy atom. The predicted molar refractivity (Wildman–Crippen MR) is 111 cm³/mol. The molecule has 3 aromatic rings. The molecule has 1 heterocycles. The lowest BCUT2D eigenvalue weighted by molar-refractivity contribution is 0.102. The van der Waals surface area contributed by atoms with Gasteiger partial charge < -0.3 is 4.74 Å². The van der Waals surface area contributed by atoms with E-state index in [1.807, 2.05) is 37.3 Å². The molecule has 0 aliphatic rings. The number of aromatic nitrogens is 2. The molecule has 1 amide bonds. The molecule has 0 spiro atoms. The summed E-state index contributed by atoms with van der Waals surface area (Å²) >= 11 is 9.03. The van der Waals surface area contributed by atoms with E-state index in [1.54, 1.807) is 18.2 Å². The molecule has 0 radical (unpaired) electrons. The summed E-state index contributed by atoms with van der Waals surface area (Å²) in [6.07, 6.45) is 0.873. The number of nitrogens with one attached hydrogen (secondary N) is 1. The van der Waals surface area contributed by atoms with E-state index >= 15 is 0 Å². The number of anilines is 1. The third-order valence-electron chi connectivity index (χ3n) is 3.53. The van der Waals surface area contributed by atoms with Crippen LogP contribution in [0.1, 0.15) is 29.3 Å². The second-order valence-electron chi connectivity index (χ2n) is 5.55. The van der Waals surface area contributed by atoms with Gasteiger partial charge in [0.1, 0.15) is 5.75 Å². The fourth-order valence-electron chi connectivity index (χ4n) is 2.23. The van der Waals surface area contributed by atoms with Crippen LogP contribution in [0.5, 0.6) is 5.75 Å². The van der Waals surface area contributed by atoms with Gasteiger partial charge in [-0.25, -0.2) is 0 Å². The van der Waals surface area contributed by atoms with Gasteiger partial charge in [0.05, 0.1) is 12.2 Å². The Morgan fingerprint density at radius 3 is 2.78 bits per heavy atom. The van der Waals surface area contributed by atoms with Gasteiger partial charge in [0.25, 0.3) is 5.91 Å². The molecule has 27 heavy (non-hydrogen) atoms. The maximum absolute atomic E-state index is 12.6. The van der Waals surface area contributed by atoms with Crippen LogP contribution in [0.25, 0.3) is 0 Å². The van der Waals surface area contributed by atoms with Gasteiger partial charge in [0.2, 0.25) is 5.13 Å². The molecule has 140 valence electrons. The number of para-hydroxylation sites is 1. The number of benzene rings is 2.